The zero-order valence-corrected chi connectivity index (χ0v) is 22.6. The second-order valence-corrected chi connectivity index (χ2v) is 9.05. The molecule has 0 aromatic heterocycles. The number of carbonyl (C=O) groups is 1. The Kier molecular flexibility index (Phi) is 10.6. The van der Waals surface area contributed by atoms with E-state index in [1.165, 1.54) is 46.5 Å². The Bertz CT molecular complexity index is 1270. The number of aliphatic imine (C=N–C) groups is 1. The standard InChI is InChI=1S/C27H29ClF2N3O3P/c1-5-6-21(36-4)13-17(2)26(35)33(16-18-7-9-19(28)10-8-18)20-11-12-22(24(34)14-20)23(31)15-25(32-3)27(29,30)37/h5-15,34H,1,16,31,37H2,2-4H3/b17-13+,21-6+,23-15-,32-25?. The maximum Gasteiger partial charge on any atom is 0.299 e. The van der Waals surface area contributed by atoms with Crippen molar-refractivity contribution in [3.8, 4) is 5.75 Å². The average molecular weight is 548 g/mol. The Labute approximate surface area is 222 Å². The molecule has 0 heterocycles. The van der Waals surface area contributed by atoms with Crippen LogP contribution in [0.5, 0.6) is 5.75 Å². The molecule has 0 saturated heterocycles. The van der Waals surface area contributed by atoms with E-state index in [4.69, 9.17) is 22.1 Å². The molecule has 2 aromatic rings. The molecule has 0 bridgehead atoms. The number of allylic oxidation sites excluding steroid dienone is 4. The number of phenols is 1. The first kappa shape index (κ1) is 29.7. The van der Waals surface area contributed by atoms with E-state index in [1.54, 1.807) is 49.4 Å². The topological polar surface area (TPSA) is 88.2 Å². The molecular weight excluding hydrogens is 519 g/mol. The minimum atomic E-state index is -3.29. The zero-order valence-electron chi connectivity index (χ0n) is 20.7. The van der Waals surface area contributed by atoms with Gasteiger partial charge in [-0.05, 0) is 55.0 Å². The Hall–Kier alpha value is -3.48. The summed E-state index contributed by atoms with van der Waals surface area (Å²) >= 11 is 6.00. The maximum absolute atomic E-state index is 13.7. The Morgan fingerprint density at radius 2 is 1.92 bits per heavy atom. The summed E-state index contributed by atoms with van der Waals surface area (Å²) in [7, 11) is 4.09. The van der Waals surface area contributed by atoms with Crippen LogP contribution in [0.2, 0.25) is 5.02 Å². The Morgan fingerprint density at radius 3 is 2.43 bits per heavy atom. The molecule has 1 unspecified atom stereocenters. The average Bonchev–Trinajstić information content (AvgIpc) is 2.85. The van der Waals surface area contributed by atoms with Crippen molar-refractivity contribution >= 4 is 43.8 Å². The van der Waals surface area contributed by atoms with Gasteiger partial charge in [0.05, 0.1) is 13.7 Å². The smallest absolute Gasteiger partial charge is 0.299 e. The van der Waals surface area contributed by atoms with E-state index in [1.807, 2.05) is 0 Å². The van der Waals surface area contributed by atoms with Gasteiger partial charge in [-0.2, -0.15) is 8.78 Å². The second kappa shape index (κ2) is 13.2. The highest BCUT2D eigenvalue weighted by atomic mass is 35.5. The third kappa shape index (κ3) is 8.27. The number of phenolic OH excluding ortho intramolecular Hbond substituents is 1. The van der Waals surface area contributed by atoms with Crippen molar-refractivity contribution in [2.45, 2.75) is 19.1 Å². The summed E-state index contributed by atoms with van der Waals surface area (Å²) in [4.78, 5) is 18.5. The van der Waals surface area contributed by atoms with Gasteiger partial charge < -0.3 is 20.5 Å². The fraction of sp³-hybridized carbons (Fsp3) is 0.185. The first-order valence-corrected chi connectivity index (χ1v) is 11.9. The van der Waals surface area contributed by atoms with Gasteiger partial charge in [-0.25, -0.2) is 0 Å². The lowest BCUT2D eigenvalue weighted by Crippen LogP contribution is -2.31. The number of nitrogens with two attached hydrogens (primary N) is 1. The van der Waals surface area contributed by atoms with E-state index in [-0.39, 0.29) is 29.5 Å². The molecular formula is C27H29ClF2N3O3P. The van der Waals surface area contributed by atoms with Crippen LogP contribution in [0.25, 0.3) is 5.70 Å². The van der Waals surface area contributed by atoms with E-state index >= 15 is 0 Å². The lowest BCUT2D eigenvalue weighted by molar-refractivity contribution is -0.115. The number of rotatable bonds is 10. The van der Waals surface area contributed by atoms with E-state index in [0.717, 1.165) is 11.6 Å². The first-order chi connectivity index (χ1) is 17.4. The summed E-state index contributed by atoms with van der Waals surface area (Å²) in [6.07, 6.45) is 5.71. The van der Waals surface area contributed by atoms with Crippen LogP contribution < -0.4 is 10.6 Å². The van der Waals surface area contributed by atoms with Crippen molar-refractivity contribution in [3.63, 3.8) is 0 Å². The number of carbonyl (C=O) groups excluding carboxylic acids is 1. The highest BCUT2D eigenvalue weighted by molar-refractivity contribution is 7.20. The van der Waals surface area contributed by atoms with Crippen LogP contribution in [0.15, 0.2) is 89.7 Å². The van der Waals surface area contributed by atoms with Crippen LogP contribution in [-0.4, -0.2) is 36.5 Å². The molecule has 0 fully saturated rings. The van der Waals surface area contributed by atoms with Crippen LogP contribution in [0.1, 0.15) is 18.1 Å². The zero-order chi connectivity index (χ0) is 27.8. The van der Waals surface area contributed by atoms with Crippen molar-refractivity contribution < 1.29 is 23.4 Å². The van der Waals surface area contributed by atoms with Crippen molar-refractivity contribution in [1.29, 1.82) is 0 Å². The van der Waals surface area contributed by atoms with Gasteiger partial charge in [0.2, 0.25) is 0 Å². The van der Waals surface area contributed by atoms with E-state index < -0.39 is 11.4 Å². The number of methoxy groups -OCH3 is 1. The second-order valence-electron chi connectivity index (χ2n) is 7.89. The molecule has 0 aliphatic rings. The van der Waals surface area contributed by atoms with Gasteiger partial charge >= 0.3 is 0 Å². The lowest BCUT2D eigenvalue weighted by Gasteiger charge is -2.24. The summed E-state index contributed by atoms with van der Waals surface area (Å²) in [6.45, 7) is 5.42. The molecule has 0 aliphatic carbocycles. The first-order valence-electron chi connectivity index (χ1n) is 11.0. The van der Waals surface area contributed by atoms with Gasteiger partial charge in [0.1, 0.15) is 17.2 Å². The van der Waals surface area contributed by atoms with Gasteiger partial charge in [-0.15, -0.1) is 0 Å². The number of anilines is 1. The molecule has 10 heteroatoms. The van der Waals surface area contributed by atoms with Crippen molar-refractivity contribution in [3.05, 3.63) is 101 Å². The summed E-state index contributed by atoms with van der Waals surface area (Å²) in [5, 5.41) is 11.3. The van der Waals surface area contributed by atoms with E-state index in [0.29, 0.717) is 22.0 Å². The van der Waals surface area contributed by atoms with Gasteiger partial charge in [0, 0.05) is 40.7 Å². The molecule has 0 aliphatic heterocycles. The molecule has 1 atom stereocenters. The van der Waals surface area contributed by atoms with Crippen LogP contribution in [0.3, 0.4) is 0 Å². The van der Waals surface area contributed by atoms with Gasteiger partial charge in [0.15, 0.2) is 0 Å². The maximum atomic E-state index is 13.7. The highest BCUT2D eigenvalue weighted by Gasteiger charge is 2.28. The fourth-order valence-corrected chi connectivity index (χ4v) is 3.64. The van der Waals surface area contributed by atoms with Crippen LogP contribution in [0.4, 0.5) is 14.5 Å². The molecule has 3 N–H and O–H groups in total. The van der Waals surface area contributed by atoms with Gasteiger partial charge in [-0.3, -0.25) is 9.79 Å². The number of benzene rings is 2. The summed E-state index contributed by atoms with van der Waals surface area (Å²) < 4.78 is 32.6. The number of aromatic hydroxyl groups is 1. The molecule has 1 amide bonds. The molecule has 6 nitrogen and oxygen atoms in total. The minimum Gasteiger partial charge on any atom is -0.507 e. The quantitative estimate of drug-likeness (QED) is 0.124. The largest absolute Gasteiger partial charge is 0.507 e. The summed E-state index contributed by atoms with van der Waals surface area (Å²) in [5.41, 5.74) is 3.63. The van der Waals surface area contributed by atoms with Crippen molar-refractivity contribution in [1.82, 2.24) is 0 Å². The Morgan fingerprint density at radius 1 is 1.27 bits per heavy atom. The molecule has 196 valence electrons. The number of alkyl halides is 2. The third-order valence-electron chi connectivity index (χ3n) is 5.19. The SMILES string of the molecule is C=C/C=C(\C=C(/C)C(=O)N(Cc1ccc(Cl)cc1)c1ccc(/C(N)=C/C(=NC)C(F)(F)P)c(O)c1)OC. The predicted molar refractivity (Wildman–Crippen MR) is 150 cm³/mol. The van der Waals surface area contributed by atoms with Crippen LogP contribution in [0, 0.1) is 0 Å². The number of hydrogen-bond acceptors (Lipinski definition) is 5. The summed E-state index contributed by atoms with van der Waals surface area (Å²) in [5.74, 6) is -0.225. The summed E-state index contributed by atoms with van der Waals surface area (Å²) in [6, 6.07) is 11.3. The van der Waals surface area contributed by atoms with E-state index in [9.17, 15) is 18.7 Å². The lowest BCUT2D eigenvalue weighted by atomic mass is 10.1. The number of halogens is 3. The monoisotopic (exact) mass is 547 g/mol. The minimum absolute atomic E-state index is 0.112. The molecule has 0 radical (unpaired) electrons. The van der Waals surface area contributed by atoms with Gasteiger partial charge in [-0.1, -0.05) is 45.6 Å². The predicted octanol–water partition coefficient (Wildman–Crippen LogP) is 6.08. The van der Waals surface area contributed by atoms with Crippen LogP contribution in [-0.2, 0) is 16.1 Å². The molecule has 0 spiro atoms. The number of hydrogen-bond donors (Lipinski definition) is 2. The third-order valence-corrected chi connectivity index (χ3v) is 5.74. The van der Waals surface area contributed by atoms with Crippen molar-refractivity contribution in [2.75, 3.05) is 19.1 Å². The molecule has 2 aromatic carbocycles. The number of nitrogens with zero attached hydrogens (tertiary/aromatic N) is 2. The normalized spacial score (nSPS) is 13.4. The molecule has 0 saturated carbocycles. The highest BCUT2D eigenvalue weighted by Crippen LogP contribution is 2.32. The number of ether oxygens (including phenoxy) is 1. The Balaban J connectivity index is 2.54. The fourth-order valence-electron chi connectivity index (χ4n) is 3.30. The molecule has 2 rings (SSSR count). The van der Waals surface area contributed by atoms with Crippen molar-refractivity contribution in [2.24, 2.45) is 10.7 Å². The van der Waals surface area contributed by atoms with Gasteiger partial charge in [0.25, 0.3) is 11.6 Å². The van der Waals surface area contributed by atoms with E-state index in [2.05, 4.69) is 11.6 Å². The van der Waals surface area contributed by atoms with Crippen LogP contribution >= 0.6 is 20.8 Å². The number of amides is 1. The molecule has 37 heavy (non-hydrogen) atoms.